The summed E-state index contributed by atoms with van der Waals surface area (Å²) in [4.78, 5) is 8.62. The highest BCUT2D eigenvalue weighted by Crippen LogP contribution is 2.20. The van der Waals surface area contributed by atoms with Gasteiger partial charge in [0.1, 0.15) is 0 Å². The molecule has 0 spiro atoms. The Kier molecular flexibility index (Phi) is 4.92. The largest absolute Gasteiger partial charge is 0.395 e. The standard InChI is InChI=1S/C13H21N3O2/c17-9-8-15-4-1-5-16(7-6-15)13-2-3-14-10-12(13)11-18/h2-3,10,17-18H,1,4-9,11H2. The molecule has 1 aliphatic rings. The SMILES string of the molecule is OCCN1CCCN(c2ccncc2CO)CC1. The van der Waals surface area contributed by atoms with Gasteiger partial charge in [0.25, 0.3) is 0 Å². The summed E-state index contributed by atoms with van der Waals surface area (Å²) in [6.45, 7) is 4.88. The van der Waals surface area contributed by atoms with Gasteiger partial charge in [-0.3, -0.25) is 9.88 Å². The van der Waals surface area contributed by atoms with Crippen LogP contribution < -0.4 is 4.90 Å². The second-order valence-corrected chi connectivity index (χ2v) is 4.57. The third kappa shape index (κ3) is 3.19. The van der Waals surface area contributed by atoms with Gasteiger partial charge in [0.05, 0.1) is 13.2 Å². The van der Waals surface area contributed by atoms with Crippen molar-refractivity contribution in [1.29, 1.82) is 0 Å². The summed E-state index contributed by atoms with van der Waals surface area (Å²) >= 11 is 0. The first-order valence-electron chi connectivity index (χ1n) is 6.47. The zero-order valence-corrected chi connectivity index (χ0v) is 10.6. The van der Waals surface area contributed by atoms with Gasteiger partial charge < -0.3 is 15.1 Å². The van der Waals surface area contributed by atoms with Gasteiger partial charge >= 0.3 is 0 Å². The Balaban J connectivity index is 2.05. The predicted octanol–water partition coefficient (Wildman–Crippen LogP) is 0.0783. The molecule has 1 aromatic rings. The number of rotatable bonds is 4. The molecule has 5 nitrogen and oxygen atoms in total. The summed E-state index contributed by atoms with van der Waals surface area (Å²) in [5.74, 6) is 0. The number of hydrogen-bond donors (Lipinski definition) is 2. The molecule has 2 N–H and O–H groups in total. The first-order valence-corrected chi connectivity index (χ1v) is 6.47. The van der Waals surface area contributed by atoms with Crippen molar-refractivity contribution in [1.82, 2.24) is 9.88 Å². The van der Waals surface area contributed by atoms with Crippen LogP contribution in [0.25, 0.3) is 0 Å². The van der Waals surface area contributed by atoms with E-state index in [2.05, 4.69) is 14.8 Å². The monoisotopic (exact) mass is 251 g/mol. The average molecular weight is 251 g/mol. The first-order chi connectivity index (χ1) is 8.85. The van der Waals surface area contributed by atoms with Gasteiger partial charge in [-0.25, -0.2) is 0 Å². The summed E-state index contributed by atoms with van der Waals surface area (Å²) in [5, 5.41) is 18.3. The minimum absolute atomic E-state index is 0.0278. The van der Waals surface area contributed by atoms with E-state index in [1.165, 1.54) is 0 Å². The predicted molar refractivity (Wildman–Crippen MR) is 70.5 cm³/mol. The van der Waals surface area contributed by atoms with Crippen LogP contribution in [0, 0.1) is 0 Å². The smallest absolute Gasteiger partial charge is 0.0717 e. The molecule has 1 aromatic heterocycles. The number of β-amino-alcohol motifs (C(OH)–C–C–N with tert-alkyl or cyclic N) is 1. The molecule has 1 saturated heterocycles. The molecule has 0 aliphatic carbocycles. The van der Waals surface area contributed by atoms with E-state index >= 15 is 0 Å². The van der Waals surface area contributed by atoms with E-state index in [1.54, 1.807) is 12.4 Å². The molecule has 1 fully saturated rings. The number of anilines is 1. The fourth-order valence-electron chi connectivity index (χ4n) is 2.43. The van der Waals surface area contributed by atoms with Crippen LogP contribution in [0.15, 0.2) is 18.5 Å². The average Bonchev–Trinajstić information content (AvgIpc) is 2.65. The Morgan fingerprint density at radius 2 is 2.06 bits per heavy atom. The maximum absolute atomic E-state index is 9.35. The molecular formula is C13H21N3O2. The van der Waals surface area contributed by atoms with Crippen molar-refractivity contribution in [2.75, 3.05) is 44.2 Å². The molecule has 0 radical (unpaired) electrons. The van der Waals surface area contributed by atoms with Crippen LogP contribution in [0.3, 0.4) is 0 Å². The fourth-order valence-corrected chi connectivity index (χ4v) is 2.43. The Morgan fingerprint density at radius 1 is 1.17 bits per heavy atom. The van der Waals surface area contributed by atoms with Crippen molar-refractivity contribution in [2.45, 2.75) is 13.0 Å². The topological polar surface area (TPSA) is 59.8 Å². The molecule has 0 aromatic carbocycles. The summed E-state index contributed by atoms with van der Waals surface area (Å²) in [5.41, 5.74) is 1.96. The van der Waals surface area contributed by atoms with E-state index < -0.39 is 0 Å². The van der Waals surface area contributed by atoms with Crippen LogP contribution in [0.1, 0.15) is 12.0 Å². The van der Waals surface area contributed by atoms with Crippen molar-refractivity contribution < 1.29 is 10.2 Å². The third-order valence-electron chi connectivity index (χ3n) is 3.39. The Hall–Kier alpha value is -1.17. The van der Waals surface area contributed by atoms with Gasteiger partial charge in [0.2, 0.25) is 0 Å². The van der Waals surface area contributed by atoms with Crippen LogP contribution in [0.5, 0.6) is 0 Å². The molecule has 0 unspecified atom stereocenters. The molecule has 0 saturated carbocycles. The molecule has 0 bridgehead atoms. The summed E-state index contributed by atoms with van der Waals surface area (Å²) < 4.78 is 0. The molecule has 5 heteroatoms. The Labute approximate surface area is 108 Å². The maximum Gasteiger partial charge on any atom is 0.0717 e. The van der Waals surface area contributed by atoms with E-state index in [1.807, 2.05) is 6.07 Å². The van der Waals surface area contributed by atoms with Crippen molar-refractivity contribution in [2.24, 2.45) is 0 Å². The molecular weight excluding hydrogens is 230 g/mol. The molecule has 2 rings (SSSR count). The van der Waals surface area contributed by atoms with Gasteiger partial charge in [-0.05, 0) is 19.0 Å². The van der Waals surface area contributed by atoms with Gasteiger partial charge in [-0.15, -0.1) is 0 Å². The number of nitrogens with zero attached hydrogens (tertiary/aromatic N) is 3. The molecule has 0 atom stereocenters. The van der Waals surface area contributed by atoms with Crippen LogP contribution >= 0.6 is 0 Å². The van der Waals surface area contributed by atoms with E-state index in [4.69, 9.17) is 5.11 Å². The van der Waals surface area contributed by atoms with Crippen LogP contribution in [-0.4, -0.2) is 59.4 Å². The van der Waals surface area contributed by atoms with E-state index in [9.17, 15) is 5.11 Å². The quantitative estimate of drug-likeness (QED) is 0.793. The summed E-state index contributed by atoms with van der Waals surface area (Å²) in [6.07, 6.45) is 4.57. The van der Waals surface area contributed by atoms with Gasteiger partial charge in [0, 0.05) is 49.8 Å². The molecule has 100 valence electrons. The minimum Gasteiger partial charge on any atom is -0.395 e. The lowest BCUT2D eigenvalue weighted by atomic mass is 10.2. The van der Waals surface area contributed by atoms with Crippen molar-refractivity contribution in [3.63, 3.8) is 0 Å². The molecule has 1 aliphatic heterocycles. The lowest BCUT2D eigenvalue weighted by Crippen LogP contribution is -2.32. The summed E-state index contributed by atoms with van der Waals surface area (Å²) in [7, 11) is 0. The number of pyridine rings is 1. The molecule has 2 heterocycles. The van der Waals surface area contributed by atoms with E-state index in [-0.39, 0.29) is 13.2 Å². The number of aliphatic hydroxyl groups is 2. The normalized spacial score (nSPS) is 17.8. The van der Waals surface area contributed by atoms with Crippen molar-refractivity contribution >= 4 is 5.69 Å². The number of aliphatic hydroxyl groups excluding tert-OH is 2. The zero-order valence-electron chi connectivity index (χ0n) is 10.6. The zero-order chi connectivity index (χ0) is 12.8. The van der Waals surface area contributed by atoms with E-state index in [0.717, 1.165) is 50.4 Å². The van der Waals surface area contributed by atoms with Crippen LogP contribution in [0.4, 0.5) is 5.69 Å². The van der Waals surface area contributed by atoms with Gasteiger partial charge in [-0.1, -0.05) is 0 Å². The van der Waals surface area contributed by atoms with Crippen LogP contribution in [0.2, 0.25) is 0 Å². The number of hydrogen-bond acceptors (Lipinski definition) is 5. The number of aromatic nitrogens is 1. The van der Waals surface area contributed by atoms with Crippen molar-refractivity contribution in [3.05, 3.63) is 24.0 Å². The lowest BCUT2D eigenvalue weighted by Gasteiger charge is -2.25. The highest BCUT2D eigenvalue weighted by molar-refractivity contribution is 5.52. The molecule has 18 heavy (non-hydrogen) atoms. The first kappa shape index (κ1) is 13.3. The highest BCUT2D eigenvalue weighted by Gasteiger charge is 2.16. The second-order valence-electron chi connectivity index (χ2n) is 4.57. The highest BCUT2D eigenvalue weighted by atomic mass is 16.3. The van der Waals surface area contributed by atoms with Crippen LogP contribution in [-0.2, 0) is 6.61 Å². The lowest BCUT2D eigenvalue weighted by molar-refractivity contribution is 0.204. The summed E-state index contributed by atoms with van der Waals surface area (Å²) in [6, 6.07) is 1.97. The van der Waals surface area contributed by atoms with Gasteiger partial charge in [0.15, 0.2) is 0 Å². The third-order valence-corrected chi connectivity index (χ3v) is 3.39. The Bertz CT molecular complexity index is 373. The maximum atomic E-state index is 9.35. The van der Waals surface area contributed by atoms with Gasteiger partial charge in [-0.2, -0.15) is 0 Å². The molecule has 0 amide bonds. The second kappa shape index (κ2) is 6.68. The van der Waals surface area contributed by atoms with Crippen molar-refractivity contribution in [3.8, 4) is 0 Å². The fraction of sp³-hybridized carbons (Fsp3) is 0.615. The Morgan fingerprint density at radius 3 is 2.83 bits per heavy atom. The minimum atomic E-state index is 0.0278. The van der Waals surface area contributed by atoms with E-state index in [0.29, 0.717) is 0 Å².